The zero-order valence-electron chi connectivity index (χ0n) is 14.2. The largest absolute Gasteiger partial charge is 0.356 e. The second kappa shape index (κ2) is 7.59. The van der Waals surface area contributed by atoms with Crippen molar-refractivity contribution in [3.05, 3.63) is 108 Å². The monoisotopic (exact) mass is 399 g/mol. The van der Waals surface area contributed by atoms with Crippen LogP contribution in [0.4, 0.5) is 11.4 Å². The maximum absolute atomic E-state index is 3.68. The van der Waals surface area contributed by atoms with Gasteiger partial charge < -0.3 is 5.32 Å². The van der Waals surface area contributed by atoms with Crippen LogP contribution in [0.1, 0.15) is 0 Å². The van der Waals surface area contributed by atoms with Crippen LogP contribution < -0.4 is 5.32 Å². The minimum Gasteiger partial charge on any atom is -0.356 e. The molecule has 0 aromatic heterocycles. The number of rotatable bonds is 4. The molecule has 126 valence electrons. The van der Waals surface area contributed by atoms with E-state index in [-0.39, 0.29) is 0 Å². The predicted octanol–water partition coefficient (Wildman–Crippen LogP) is 7.53. The van der Waals surface area contributed by atoms with E-state index in [0.717, 1.165) is 15.8 Å². The van der Waals surface area contributed by atoms with Crippen LogP contribution in [0.2, 0.25) is 0 Å². The van der Waals surface area contributed by atoms with E-state index >= 15 is 0 Å². The van der Waals surface area contributed by atoms with Crippen molar-refractivity contribution in [2.24, 2.45) is 0 Å². The Kier molecular flexibility index (Phi) is 4.85. The molecule has 0 aliphatic rings. The summed E-state index contributed by atoms with van der Waals surface area (Å²) in [4.78, 5) is 0. The van der Waals surface area contributed by atoms with Gasteiger partial charge in [0, 0.05) is 15.8 Å². The molecule has 0 unspecified atom stereocenters. The van der Waals surface area contributed by atoms with Crippen molar-refractivity contribution in [1.82, 2.24) is 0 Å². The van der Waals surface area contributed by atoms with Gasteiger partial charge in [0.2, 0.25) is 0 Å². The van der Waals surface area contributed by atoms with Gasteiger partial charge in [0.15, 0.2) is 0 Å². The van der Waals surface area contributed by atoms with E-state index in [1.807, 2.05) is 24.3 Å². The normalized spacial score (nSPS) is 10.5. The van der Waals surface area contributed by atoms with Crippen LogP contribution in [0.15, 0.2) is 108 Å². The Labute approximate surface area is 162 Å². The van der Waals surface area contributed by atoms with E-state index in [0.29, 0.717) is 0 Å². The number of anilines is 2. The molecule has 0 bridgehead atoms. The fourth-order valence-corrected chi connectivity index (χ4v) is 3.45. The molecule has 1 nitrogen and oxygen atoms in total. The molecule has 26 heavy (non-hydrogen) atoms. The van der Waals surface area contributed by atoms with E-state index in [1.165, 1.54) is 22.3 Å². The smallest absolute Gasteiger partial charge is 0.0384 e. The summed E-state index contributed by atoms with van der Waals surface area (Å²) in [5, 5.41) is 3.42. The first kappa shape index (κ1) is 16.6. The minimum atomic E-state index is 1.08. The predicted molar refractivity (Wildman–Crippen MR) is 115 cm³/mol. The van der Waals surface area contributed by atoms with E-state index in [9.17, 15) is 0 Å². The summed E-state index contributed by atoms with van der Waals surface area (Å²) in [5.74, 6) is 0. The van der Waals surface area contributed by atoms with Gasteiger partial charge in [-0.25, -0.2) is 0 Å². The molecule has 2 heteroatoms. The Balaban J connectivity index is 1.62. The molecule has 0 heterocycles. The lowest BCUT2D eigenvalue weighted by atomic mass is 9.99. The number of nitrogens with one attached hydrogen (secondary N) is 1. The van der Waals surface area contributed by atoms with Crippen LogP contribution in [-0.2, 0) is 0 Å². The van der Waals surface area contributed by atoms with E-state index in [1.54, 1.807) is 0 Å². The minimum absolute atomic E-state index is 1.08. The third-order valence-corrected chi connectivity index (χ3v) is 5.02. The molecule has 0 amide bonds. The summed E-state index contributed by atoms with van der Waals surface area (Å²) in [5.41, 5.74) is 7.00. The van der Waals surface area contributed by atoms with Crippen molar-refractivity contribution < 1.29 is 0 Å². The van der Waals surface area contributed by atoms with Crippen molar-refractivity contribution in [2.75, 3.05) is 5.32 Å². The molecular weight excluding hydrogens is 382 g/mol. The highest BCUT2D eigenvalue weighted by Gasteiger charge is 2.06. The topological polar surface area (TPSA) is 12.0 Å². The Bertz CT molecular complexity index is 993. The van der Waals surface area contributed by atoms with Gasteiger partial charge >= 0.3 is 0 Å². The number of hydrogen-bond donors (Lipinski definition) is 1. The molecule has 1 N–H and O–H groups in total. The number of halogens is 1. The molecule has 0 radical (unpaired) electrons. The SMILES string of the molecule is Brc1ccc(-c2ccc(Nc3ccccc3)cc2)cc1-c1ccccc1. The highest BCUT2D eigenvalue weighted by atomic mass is 79.9. The summed E-state index contributed by atoms with van der Waals surface area (Å²) >= 11 is 3.68. The Hall–Kier alpha value is -2.84. The molecule has 0 atom stereocenters. The lowest BCUT2D eigenvalue weighted by Gasteiger charge is -2.10. The third kappa shape index (κ3) is 3.71. The zero-order valence-corrected chi connectivity index (χ0v) is 15.8. The van der Waals surface area contributed by atoms with Crippen molar-refractivity contribution in [1.29, 1.82) is 0 Å². The van der Waals surface area contributed by atoms with Crippen LogP contribution in [-0.4, -0.2) is 0 Å². The first-order chi connectivity index (χ1) is 12.8. The van der Waals surface area contributed by atoms with Gasteiger partial charge in [-0.05, 0) is 58.7 Å². The second-order valence-electron chi connectivity index (χ2n) is 6.13. The van der Waals surface area contributed by atoms with Gasteiger partial charge in [0.25, 0.3) is 0 Å². The van der Waals surface area contributed by atoms with Crippen molar-refractivity contribution in [3.8, 4) is 22.3 Å². The molecule has 0 saturated carbocycles. The van der Waals surface area contributed by atoms with E-state index < -0.39 is 0 Å². The maximum atomic E-state index is 3.68. The van der Waals surface area contributed by atoms with Crippen LogP contribution in [0.5, 0.6) is 0 Å². The molecule has 4 aromatic rings. The molecule has 0 fully saturated rings. The lowest BCUT2D eigenvalue weighted by Crippen LogP contribution is -1.89. The van der Waals surface area contributed by atoms with Gasteiger partial charge in [-0.2, -0.15) is 0 Å². The van der Waals surface area contributed by atoms with Crippen molar-refractivity contribution in [2.45, 2.75) is 0 Å². The Morgan fingerprint density at radius 1 is 0.500 bits per heavy atom. The molecule has 0 aliphatic carbocycles. The highest BCUT2D eigenvalue weighted by molar-refractivity contribution is 9.10. The van der Waals surface area contributed by atoms with E-state index in [4.69, 9.17) is 0 Å². The molecule has 0 aliphatic heterocycles. The zero-order chi connectivity index (χ0) is 17.8. The first-order valence-corrected chi connectivity index (χ1v) is 9.36. The molecule has 4 aromatic carbocycles. The van der Waals surface area contributed by atoms with E-state index in [2.05, 4.69) is 100 Å². The van der Waals surface area contributed by atoms with Crippen LogP contribution >= 0.6 is 15.9 Å². The second-order valence-corrected chi connectivity index (χ2v) is 6.98. The van der Waals surface area contributed by atoms with Gasteiger partial charge in [-0.3, -0.25) is 0 Å². The van der Waals surface area contributed by atoms with Crippen LogP contribution in [0.3, 0.4) is 0 Å². The van der Waals surface area contributed by atoms with Gasteiger partial charge in [0.05, 0.1) is 0 Å². The molecule has 0 saturated heterocycles. The standard InChI is InChI=1S/C24H18BrN/c25-24-16-13-20(17-23(24)19-7-3-1-4-8-19)18-11-14-22(15-12-18)26-21-9-5-2-6-10-21/h1-17,26H. The van der Waals surface area contributed by atoms with Crippen LogP contribution in [0.25, 0.3) is 22.3 Å². The summed E-state index contributed by atoms with van der Waals surface area (Å²) in [6, 6.07) is 35.7. The van der Waals surface area contributed by atoms with Crippen LogP contribution in [0, 0.1) is 0 Å². The van der Waals surface area contributed by atoms with Crippen molar-refractivity contribution in [3.63, 3.8) is 0 Å². The highest BCUT2D eigenvalue weighted by Crippen LogP contribution is 2.33. The van der Waals surface area contributed by atoms with Crippen molar-refractivity contribution >= 4 is 27.3 Å². The summed E-state index contributed by atoms with van der Waals surface area (Å²) in [6.07, 6.45) is 0. The fraction of sp³-hybridized carbons (Fsp3) is 0. The third-order valence-electron chi connectivity index (χ3n) is 4.33. The average Bonchev–Trinajstić information content (AvgIpc) is 2.70. The summed E-state index contributed by atoms with van der Waals surface area (Å²) in [6.45, 7) is 0. The molecule has 4 rings (SSSR count). The first-order valence-electron chi connectivity index (χ1n) is 8.57. The number of benzene rings is 4. The Morgan fingerprint density at radius 2 is 1.08 bits per heavy atom. The lowest BCUT2D eigenvalue weighted by molar-refractivity contribution is 1.53. The Morgan fingerprint density at radius 3 is 1.77 bits per heavy atom. The number of hydrogen-bond acceptors (Lipinski definition) is 1. The van der Waals surface area contributed by atoms with Gasteiger partial charge in [0.1, 0.15) is 0 Å². The fourth-order valence-electron chi connectivity index (χ4n) is 2.98. The quantitative estimate of drug-likeness (QED) is 0.373. The number of para-hydroxylation sites is 1. The summed E-state index contributed by atoms with van der Waals surface area (Å²) in [7, 11) is 0. The van der Waals surface area contributed by atoms with Gasteiger partial charge in [-0.15, -0.1) is 0 Å². The average molecular weight is 400 g/mol. The molecular formula is C24H18BrN. The molecule has 0 spiro atoms. The van der Waals surface area contributed by atoms with Gasteiger partial charge in [-0.1, -0.05) is 82.7 Å². The summed E-state index contributed by atoms with van der Waals surface area (Å²) < 4.78 is 1.11. The maximum Gasteiger partial charge on any atom is 0.0384 e.